The largest absolute Gasteiger partial charge is 0.339 e. The van der Waals surface area contributed by atoms with Crippen LogP contribution in [0.1, 0.15) is 39.5 Å². The molecule has 0 N–H and O–H groups in total. The third-order valence-corrected chi connectivity index (χ3v) is 5.81. The fourth-order valence-electron chi connectivity index (χ4n) is 3.36. The van der Waals surface area contributed by atoms with Gasteiger partial charge in [-0.1, -0.05) is 25.1 Å². The van der Waals surface area contributed by atoms with Gasteiger partial charge in [0.1, 0.15) is 0 Å². The maximum Gasteiger partial charge on any atom is 0.236 e. The van der Waals surface area contributed by atoms with Crippen molar-refractivity contribution in [2.75, 3.05) is 6.54 Å². The van der Waals surface area contributed by atoms with Crippen molar-refractivity contribution in [3.8, 4) is 0 Å². The molecule has 1 aliphatic heterocycles. The van der Waals surface area contributed by atoms with Gasteiger partial charge in [0.25, 0.3) is 0 Å². The van der Waals surface area contributed by atoms with Crippen LogP contribution in [-0.4, -0.2) is 33.6 Å². The Morgan fingerprint density at radius 1 is 1.35 bits per heavy atom. The molecule has 1 aliphatic rings. The molecule has 1 aromatic carbocycles. The van der Waals surface area contributed by atoms with Crippen LogP contribution in [0.3, 0.4) is 0 Å². The number of piperidine rings is 1. The van der Waals surface area contributed by atoms with Crippen LogP contribution in [0.5, 0.6) is 0 Å². The zero-order valence-electron chi connectivity index (χ0n) is 13.9. The van der Waals surface area contributed by atoms with E-state index in [9.17, 15) is 4.79 Å². The lowest BCUT2D eigenvalue weighted by Gasteiger charge is -2.36. The van der Waals surface area contributed by atoms with E-state index in [1.165, 1.54) is 6.42 Å². The molecule has 122 valence electrons. The van der Waals surface area contributed by atoms with Gasteiger partial charge in [-0.05, 0) is 44.7 Å². The molecule has 1 fully saturated rings. The summed E-state index contributed by atoms with van der Waals surface area (Å²) in [6, 6.07) is 10.6. The first-order valence-electron chi connectivity index (χ1n) is 8.51. The van der Waals surface area contributed by atoms with Crippen molar-refractivity contribution in [3.63, 3.8) is 0 Å². The Morgan fingerprint density at radius 2 is 2.17 bits per heavy atom. The van der Waals surface area contributed by atoms with E-state index in [1.807, 2.05) is 37.4 Å². The first-order chi connectivity index (χ1) is 11.2. The molecule has 2 atom stereocenters. The van der Waals surface area contributed by atoms with Gasteiger partial charge in [-0.2, -0.15) is 0 Å². The first-order valence-corrected chi connectivity index (χ1v) is 9.39. The summed E-state index contributed by atoms with van der Waals surface area (Å²) in [6.45, 7) is 5.13. The quantitative estimate of drug-likeness (QED) is 0.774. The molecule has 2 unspecified atom stereocenters. The number of likely N-dealkylation sites (tertiary alicyclic amines) is 1. The van der Waals surface area contributed by atoms with E-state index in [0.29, 0.717) is 6.04 Å². The van der Waals surface area contributed by atoms with E-state index in [-0.39, 0.29) is 11.2 Å². The highest BCUT2D eigenvalue weighted by molar-refractivity contribution is 8.00. The molecule has 0 spiro atoms. The number of aromatic nitrogens is 1. The van der Waals surface area contributed by atoms with Crippen LogP contribution in [0.25, 0.3) is 10.9 Å². The highest BCUT2D eigenvalue weighted by atomic mass is 32.2. The molecule has 0 bridgehead atoms. The molecule has 1 aromatic heterocycles. The lowest BCUT2D eigenvalue weighted by atomic mass is 10.00. The molecule has 23 heavy (non-hydrogen) atoms. The van der Waals surface area contributed by atoms with Crippen LogP contribution in [-0.2, 0) is 4.79 Å². The van der Waals surface area contributed by atoms with Crippen molar-refractivity contribution in [1.82, 2.24) is 9.88 Å². The van der Waals surface area contributed by atoms with E-state index in [4.69, 9.17) is 0 Å². The Balaban J connectivity index is 1.77. The van der Waals surface area contributed by atoms with Gasteiger partial charge in [-0.25, -0.2) is 0 Å². The number of benzene rings is 1. The number of rotatable bonds is 4. The fraction of sp³-hybridized carbons (Fsp3) is 0.474. The third kappa shape index (κ3) is 3.52. The normalized spacial score (nSPS) is 19.7. The summed E-state index contributed by atoms with van der Waals surface area (Å²) in [4.78, 5) is 20.6. The van der Waals surface area contributed by atoms with Crippen molar-refractivity contribution < 1.29 is 4.79 Å². The van der Waals surface area contributed by atoms with Crippen LogP contribution < -0.4 is 0 Å². The highest BCUT2D eigenvalue weighted by Crippen LogP contribution is 2.32. The summed E-state index contributed by atoms with van der Waals surface area (Å²) in [5, 5.41) is 1.07. The minimum atomic E-state index is -0.0621. The van der Waals surface area contributed by atoms with Gasteiger partial charge in [0, 0.05) is 29.1 Å². The molecular weight excluding hydrogens is 304 g/mol. The van der Waals surface area contributed by atoms with Crippen LogP contribution in [0.4, 0.5) is 0 Å². The summed E-state index contributed by atoms with van der Waals surface area (Å²) in [7, 11) is 0. The SMILES string of the molecule is CCC1CCCCN1C(=O)C(C)Sc1ccnc2ccccc12. The first kappa shape index (κ1) is 16.3. The van der Waals surface area contributed by atoms with E-state index in [2.05, 4.69) is 22.9 Å². The molecule has 2 heterocycles. The van der Waals surface area contributed by atoms with Gasteiger partial charge >= 0.3 is 0 Å². The van der Waals surface area contributed by atoms with Crippen LogP contribution in [0.2, 0.25) is 0 Å². The zero-order valence-corrected chi connectivity index (χ0v) is 14.7. The molecule has 0 aliphatic carbocycles. The number of carbonyl (C=O) groups excluding carboxylic acids is 1. The summed E-state index contributed by atoms with van der Waals surface area (Å²) in [5.41, 5.74) is 0.988. The van der Waals surface area contributed by atoms with Gasteiger partial charge in [0.2, 0.25) is 5.91 Å². The number of hydrogen-bond acceptors (Lipinski definition) is 3. The predicted molar refractivity (Wildman–Crippen MR) is 96.7 cm³/mol. The molecule has 4 heteroatoms. The number of thioether (sulfide) groups is 1. The van der Waals surface area contributed by atoms with Gasteiger partial charge < -0.3 is 4.90 Å². The predicted octanol–water partition coefficient (Wildman–Crippen LogP) is 4.51. The van der Waals surface area contributed by atoms with E-state index in [1.54, 1.807) is 11.8 Å². The Kier molecular flexibility index (Phi) is 5.21. The Morgan fingerprint density at radius 3 is 3.00 bits per heavy atom. The third-order valence-electron chi connectivity index (χ3n) is 4.64. The van der Waals surface area contributed by atoms with E-state index >= 15 is 0 Å². The lowest BCUT2D eigenvalue weighted by molar-refractivity contribution is -0.134. The minimum absolute atomic E-state index is 0.0621. The number of hydrogen-bond donors (Lipinski definition) is 0. The second kappa shape index (κ2) is 7.35. The molecule has 3 rings (SSSR count). The summed E-state index contributed by atoms with van der Waals surface area (Å²) >= 11 is 1.66. The second-order valence-electron chi connectivity index (χ2n) is 6.18. The summed E-state index contributed by atoms with van der Waals surface area (Å²) in [6.07, 6.45) is 6.42. The van der Waals surface area contributed by atoms with E-state index in [0.717, 1.165) is 41.6 Å². The maximum atomic E-state index is 12.9. The van der Waals surface area contributed by atoms with Gasteiger partial charge in [0.05, 0.1) is 10.8 Å². The number of amides is 1. The van der Waals surface area contributed by atoms with Crippen LogP contribution in [0, 0.1) is 0 Å². The average Bonchev–Trinajstić information content (AvgIpc) is 2.61. The second-order valence-corrected chi connectivity index (χ2v) is 7.56. The Hall–Kier alpha value is -1.55. The van der Waals surface area contributed by atoms with Crippen molar-refractivity contribution >= 4 is 28.6 Å². The monoisotopic (exact) mass is 328 g/mol. The van der Waals surface area contributed by atoms with Gasteiger partial charge in [-0.3, -0.25) is 9.78 Å². The number of nitrogens with zero attached hydrogens (tertiary/aromatic N) is 2. The van der Waals surface area contributed by atoms with Gasteiger partial charge in [-0.15, -0.1) is 11.8 Å². The average molecular weight is 328 g/mol. The number of carbonyl (C=O) groups is 1. The molecule has 2 aromatic rings. The topological polar surface area (TPSA) is 33.2 Å². The van der Waals surface area contributed by atoms with E-state index < -0.39 is 0 Å². The Bertz CT molecular complexity index is 683. The molecule has 1 amide bonds. The molecule has 1 saturated heterocycles. The standard InChI is InChI=1S/C19H24N2OS/c1-3-15-8-6-7-13-21(15)19(22)14(2)23-18-11-12-20-17-10-5-4-9-16(17)18/h4-5,9-12,14-15H,3,6-8,13H2,1-2H3. The Labute approximate surface area is 142 Å². The summed E-state index contributed by atoms with van der Waals surface area (Å²) < 4.78 is 0. The number of fused-ring (bicyclic) bond motifs is 1. The highest BCUT2D eigenvalue weighted by Gasteiger charge is 2.29. The van der Waals surface area contributed by atoms with Crippen molar-refractivity contribution in [3.05, 3.63) is 36.5 Å². The van der Waals surface area contributed by atoms with Crippen LogP contribution in [0.15, 0.2) is 41.4 Å². The smallest absolute Gasteiger partial charge is 0.236 e. The van der Waals surface area contributed by atoms with Crippen molar-refractivity contribution in [2.45, 2.75) is 55.7 Å². The molecule has 3 nitrogen and oxygen atoms in total. The zero-order chi connectivity index (χ0) is 16.2. The van der Waals surface area contributed by atoms with Crippen molar-refractivity contribution in [1.29, 1.82) is 0 Å². The summed E-state index contributed by atoms with van der Waals surface area (Å²) in [5.74, 6) is 0.280. The lowest BCUT2D eigenvalue weighted by Crippen LogP contribution is -2.46. The number of para-hydroxylation sites is 1. The molecule has 0 saturated carbocycles. The molecule has 0 radical (unpaired) electrons. The number of pyridine rings is 1. The maximum absolute atomic E-state index is 12.9. The van der Waals surface area contributed by atoms with Crippen LogP contribution >= 0.6 is 11.8 Å². The minimum Gasteiger partial charge on any atom is -0.339 e. The fourth-order valence-corrected chi connectivity index (χ4v) is 4.42. The molecular formula is C19H24N2OS. The van der Waals surface area contributed by atoms with Crippen molar-refractivity contribution in [2.24, 2.45) is 0 Å². The van der Waals surface area contributed by atoms with Gasteiger partial charge in [0.15, 0.2) is 0 Å².